The predicted molar refractivity (Wildman–Crippen MR) is 59.2 cm³/mol. The first-order valence-electron chi connectivity index (χ1n) is 5.26. The van der Waals surface area contributed by atoms with Crippen LogP contribution in [0.2, 0.25) is 0 Å². The van der Waals surface area contributed by atoms with Crippen molar-refractivity contribution in [3.63, 3.8) is 0 Å². The highest BCUT2D eigenvalue weighted by atomic mass is 16.6. The van der Waals surface area contributed by atoms with Crippen LogP contribution in [0.5, 0.6) is 0 Å². The molecule has 0 spiro atoms. The largest absolute Gasteiger partial charge is 0.274 e. The molecule has 0 fully saturated rings. The molecule has 1 amide bonds. The van der Waals surface area contributed by atoms with Crippen molar-refractivity contribution < 1.29 is 9.63 Å². The molecule has 0 saturated carbocycles. The lowest BCUT2D eigenvalue weighted by molar-refractivity contribution is -0.134. The number of hydrogen-bond donors (Lipinski definition) is 1. The second kappa shape index (κ2) is 6.19. The molecule has 1 aromatic rings. The predicted octanol–water partition coefficient (Wildman–Crippen LogP) is 2.25. The van der Waals surface area contributed by atoms with Crippen molar-refractivity contribution >= 4 is 5.91 Å². The zero-order valence-corrected chi connectivity index (χ0v) is 9.19. The molecule has 0 aliphatic heterocycles. The minimum atomic E-state index is -0.127. The van der Waals surface area contributed by atoms with Crippen molar-refractivity contribution in [1.29, 1.82) is 0 Å². The molecule has 1 aromatic carbocycles. The van der Waals surface area contributed by atoms with Crippen LogP contribution in [0.25, 0.3) is 0 Å². The molecule has 1 N–H and O–H groups in total. The number of benzene rings is 1. The van der Waals surface area contributed by atoms with Crippen molar-refractivity contribution in [3.8, 4) is 0 Å². The van der Waals surface area contributed by atoms with Crippen molar-refractivity contribution in [2.24, 2.45) is 0 Å². The van der Waals surface area contributed by atoms with E-state index in [4.69, 9.17) is 4.84 Å². The number of hydroxylamine groups is 1. The van der Waals surface area contributed by atoms with Crippen LogP contribution in [0.15, 0.2) is 30.3 Å². The highest BCUT2D eigenvalue weighted by molar-refractivity contribution is 5.82. The lowest BCUT2D eigenvalue weighted by atomic mass is 9.96. The summed E-state index contributed by atoms with van der Waals surface area (Å²) >= 11 is 0. The van der Waals surface area contributed by atoms with Gasteiger partial charge < -0.3 is 0 Å². The molecule has 0 bridgehead atoms. The zero-order chi connectivity index (χ0) is 11.1. The Kier molecular flexibility index (Phi) is 4.84. The first-order valence-corrected chi connectivity index (χ1v) is 5.26. The Labute approximate surface area is 90.4 Å². The van der Waals surface area contributed by atoms with Gasteiger partial charge in [0.1, 0.15) is 0 Å². The Morgan fingerprint density at radius 2 is 2.00 bits per heavy atom. The molecule has 3 nitrogen and oxygen atoms in total. The summed E-state index contributed by atoms with van der Waals surface area (Å²) in [6.07, 6.45) is 0.767. The van der Waals surface area contributed by atoms with E-state index < -0.39 is 0 Å². The number of hydrogen-bond acceptors (Lipinski definition) is 2. The summed E-state index contributed by atoms with van der Waals surface area (Å²) in [7, 11) is 0. The number of nitrogens with one attached hydrogen (secondary N) is 1. The highest BCUT2D eigenvalue weighted by Crippen LogP contribution is 2.18. The third-order valence-corrected chi connectivity index (χ3v) is 2.24. The Morgan fingerprint density at radius 3 is 2.53 bits per heavy atom. The molecular weight excluding hydrogens is 190 g/mol. The van der Waals surface area contributed by atoms with Crippen molar-refractivity contribution in [3.05, 3.63) is 35.9 Å². The summed E-state index contributed by atoms with van der Waals surface area (Å²) in [5.41, 5.74) is 3.47. The summed E-state index contributed by atoms with van der Waals surface area (Å²) in [6, 6.07) is 9.73. The maximum absolute atomic E-state index is 11.7. The Hall–Kier alpha value is -1.35. The highest BCUT2D eigenvalue weighted by Gasteiger charge is 2.17. The van der Waals surface area contributed by atoms with Crippen LogP contribution in [-0.2, 0) is 9.63 Å². The molecule has 0 saturated heterocycles. The smallest absolute Gasteiger partial charge is 0.251 e. The summed E-state index contributed by atoms with van der Waals surface area (Å²) in [6.45, 7) is 4.31. The van der Waals surface area contributed by atoms with Crippen LogP contribution in [0.1, 0.15) is 31.7 Å². The minimum absolute atomic E-state index is 0.0782. The van der Waals surface area contributed by atoms with Crippen molar-refractivity contribution in [2.45, 2.75) is 26.2 Å². The third-order valence-electron chi connectivity index (χ3n) is 2.24. The van der Waals surface area contributed by atoms with E-state index in [1.165, 1.54) is 0 Å². The molecule has 1 atom stereocenters. The van der Waals surface area contributed by atoms with Gasteiger partial charge in [0, 0.05) is 0 Å². The zero-order valence-electron chi connectivity index (χ0n) is 9.19. The SMILES string of the molecule is CCONC(=O)C(CC)c1ccccc1. The van der Waals surface area contributed by atoms with Crippen molar-refractivity contribution in [1.82, 2.24) is 5.48 Å². The molecule has 0 aliphatic carbocycles. The lowest BCUT2D eigenvalue weighted by Gasteiger charge is -2.14. The van der Waals surface area contributed by atoms with Gasteiger partial charge in [0.15, 0.2) is 0 Å². The van der Waals surface area contributed by atoms with Gasteiger partial charge in [-0.2, -0.15) is 0 Å². The fraction of sp³-hybridized carbons (Fsp3) is 0.417. The van der Waals surface area contributed by atoms with Crippen molar-refractivity contribution in [2.75, 3.05) is 6.61 Å². The number of carbonyl (C=O) groups is 1. The van der Waals surface area contributed by atoms with Gasteiger partial charge in [0.05, 0.1) is 12.5 Å². The monoisotopic (exact) mass is 207 g/mol. The van der Waals surface area contributed by atoms with Gasteiger partial charge >= 0.3 is 0 Å². The molecule has 15 heavy (non-hydrogen) atoms. The van der Waals surface area contributed by atoms with Gasteiger partial charge in [-0.15, -0.1) is 0 Å². The van der Waals surface area contributed by atoms with Crippen LogP contribution < -0.4 is 5.48 Å². The third kappa shape index (κ3) is 3.36. The second-order valence-electron chi connectivity index (χ2n) is 3.27. The van der Waals surface area contributed by atoms with E-state index in [1.54, 1.807) is 0 Å². The average Bonchev–Trinajstić information content (AvgIpc) is 2.29. The topological polar surface area (TPSA) is 38.3 Å². The fourth-order valence-electron chi connectivity index (χ4n) is 1.47. The van der Waals surface area contributed by atoms with Gasteiger partial charge in [-0.25, -0.2) is 5.48 Å². The minimum Gasteiger partial charge on any atom is -0.274 e. The number of rotatable bonds is 5. The van der Waals surface area contributed by atoms with Gasteiger partial charge in [0.25, 0.3) is 5.91 Å². The average molecular weight is 207 g/mol. The number of amides is 1. The van der Waals surface area contributed by atoms with E-state index in [9.17, 15) is 4.79 Å². The van der Waals surface area contributed by atoms with Crippen LogP contribution >= 0.6 is 0 Å². The summed E-state index contributed by atoms with van der Waals surface area (Å²) in [4.78, 5) is 16.6. The summed E-state index contributed by atoms with van der Waals surface area (Å²) < 4.78 is 0. The first-order chi connectivity index (χ1) is 7.29. The maximum Gasteiger partial charge on any atom is 0.251 e. The molecule has 1 rings (SSSR count). The summed E-state index contributed by atoms with van der Waals surface area (Å²) in [5.74, 6) is -0.205. The van der Waals surface area contributed by atoms with Crippen LogP contribution in [-0.4, -0.2) is 12.5 Å². The first kappa shape index (κ1) is 11.7. The Bertz CT molecular complexity index is 298. The molecule has 82 valence electrons. The van der Waals surface area contributed by atoms with E-state index in [-0.39, 0.29) is 11.8 Å². The van der Waals surface area contributed by atoms with Crippen LogP contribution in [0.3, 0.4) is 0 Å². The normalized spacial score (nSPS) is 12.1. The molecule has 1 unspecified atom stereocenters. The molecular formula is C12H17NO2. The molecule has 3 heteroatoms. The molecule has 0 aliphatic rings. The maximum atomic E-state index is 11.7. The summed E-state index contributed by atoms with van der Waals surface area (Å²) in [5, 5.41) is 0. The molecule has 0 aromatic heterocycles. The van der Waals surface area contributed by atoms with E-state index >= 15 is 0 Å². The van der Waals surface area contributed by atoms with Gasteiger partial charge in [0.2, 0.25) is 0 Å². The fourth-order valence-corrected chi connectivity index (χ4v) is 1.47. The van der Waals surface area contributed by atoms with E-state index in [0.717, 1.165) is 12.0 Å². The quantitative estimate of drug-likeness (QED) is 0.752. The van der Waals surface area contributed by atoms with Crippen LogP contribution in [0, 0.1) is 0 Å². The molecule has 0 radical (unpaired) electrons. The number of carbonyl (C=O) groups excluding carboxylic acids is 1. The van der Waals surface area contributed by atoms with E-state index in [2.05, 4.69) is 5.48 Å². The second-order valence-corrected chi connectivity index (χ2v) is 3.27. The standard InChI is InChI=1S/C12H17NO2/c1-3-11(12(14)13-15-4-2)10-8-6-5-7-9-10/h5-9,11H,3-4H2,1-2H3,(H,13,14). The Balaban J connectivity index is 2.67. The van der Waals surface area contributed by atoms with Crippen LogP contribution in [0.4, 0.5) is 0 Å². The van der Waals surface area contributed by atoms with Gasteiger partial charge in [-0.05, 0) is 18.9 Å². The van der Waals surface area contributed by atoms with Gasteiger partial charge in [-0.1, -0.05) is 37.3 Å². The Morgan fingerprint density at radius 1 is 1.33 bits per heavy atom. The van der Waals surface area contributed by atoms with Gasteiger partial charge in [-0.3, -0.25) is 9.63 Å². The van der Waals surface area contributed by atoms with E-state index in [0.29, 0.717) is 6.61 Å². The molecule has 0 heterocycles. The van der Waals surface area contributed by atoms with E-state index in [1.807, 2.05) is 44.2 Å². The lowest BCUT2D eigenvalue weighted by Crippen LogP contribution is -2.29.